The van der Waals surface area contributed by atoms with Crippen LogP contribution < -0.4 is 5.32 Å². The van der Waals surface area contributed by atoms with Crippen molar-refractivity contribution >= 4 is 0 Å². The molecular formula is C14H25N. The van der Waals surface area contributed by atoms with Crippen LogP contribution in [0.25, 0.3) is 0 Å². The Morgan fingerprint density at radius 3 is 2.47 bits per heavy atom. The van der Waals surface area contributed by atoms with Crippen molar-refractivity contribution in [3.05, 3.63) is 0 Å². The summed E-state index contributed by atoms with van der Waals surface area (Å²) in [6.07, 6.45) is 7.37. The molecule has 0 amide bonds. The molecule has 0 heterocycles. The van der Waals surface area contributed by atoms with Crippen LogP contribution in [-0.2, 0) is 0 Å². The van der Waals surface area contributed by atoms with Crippen molar-refractivity contribution < 1.29 is 0 Å². The SMILES string of the molecule is CC1CC1NC1[C@@H]2CCCC[C@@H]2C1(C)C. The number of nitrogens with one attached hydrogen (secondary N) is 1. The fraction of sp³-hybridized carbons (Fsp3) is 1.00. The highest BCUT2D eigenvalue weighted by Crippen LogP contribution is 2.57. The largest absolute Gasteiger partial charge is 0.310 e. The van der Waals surface area contributed by atoms with Crippen molar-refractivity contribution in [1.29, 1.82) is 0 Å². The zero-order valence-corrected chi connectivity index (χ0v) is 10.4. The average Bonchev–Trinajstić information content (AvgIpc) is 2.91. The molecule has 3 rings (SSSR count). The Hall–Kier alpha value is -0.0400. The Labute approximate surface area is 94.0 Å². The summed E-state index contributed by atoms with van der Waals surface area (Å²) in [5, 5.41) is 3.93. The van der Waals surface area contributed by atoms with E-state index in [1.165, 1.54) is 32.1 Å². The van der Waals surface area contributed by atoms with Crippen molar-refractivity contribution in [2.75, 3.05) is 0 Å². The molecule has 0 aromatic heterocycles. The van der Waals surface area contributed by atoms with Gasteiger partial charge in [0.05, 0.1) is 0 Å². The van der Waals surface area contributed by atoms with E-state index in [4.69, 9.17) is 0 Å². The van der Waals surface area contributed by atoms with Crippen LogP contribution in [0.5, 0.6) is 0 Å². The van der Waals surface area contributed by atoms with Crippen LogP contribution in [0.1, 0.15) is 52.9 Å². The molecule has 5 atom stereocenters. The maximum Gasteiger partial charge on any atom is 0.0155 e. The molecule has 3 fully saturated rings. The van der Waals surface area contributed by atoms with E-state index in [2.05, 4.69) is 26.1 Å². The third-order valence-electron chi connectivity index (χ3n) is 5.51. The van der Waals surface area contributed by atoms with Gasteiger partial charge >= 0.3 is 0 Å². The van der Waals surface area contributed by atoms with Gasteiger partial charge in [-0.05, 0) is 42.4 Å². The van der Waals surface area contributed by atoms with Gasteiger partial charge in [0.15, 0.2) is 0 Å². The minimum absolute atomic E-state index is 0.577. The molecule has 3 saturated carbocycles. The second-order valence-electron chi connectivity index (χ2n) is 6.84. The summed E-state index contributed by atoms with van der Waals surface area (Å²) >= 11 is 0. The summed E-state index contributed by atoms with van der Waals surface area (Å²) in [5.41, 5.74) is 0.577. The molecule has 1 heteroatoms. The molecule has 3 aliphatic carbocycles. The molecule has 0 saturated heterocycles. The van der Waals surface area contributed by atoms with E-state index in [0.29, 0.717) is 5.41 Å². The monoisotopic (exact) mass is 207 g/mol. The van der Waals surface area contributed by atoms with E-state index in [9.17, 15) is 0 Å². The first-order valence-electron chi connectivity index (χ1n) is 6.87. The van der Waals surface area contributed by atoms with Gasteiger partial charge in [0.1, 0.15) is 0 Å². The van der Waals surface area contributed by atoms with Crippen LogP contribution in [0, 0.1) is 23.2 Å². The molecule has 0 bridgehead atoms. The van der Waals surface area contributed by atoms with Gasteiger partial charge < -0.3 is 5.32 Å². The maximum absolute atomic E-state index is 3.93. The van der Waals surface area contributed by atoms with Gasteiger partial charge in [-0.1, -0.05) is 33.6 Å². The smallest absolute Gasteiger partial charge is 0.0155 e. The van der Waals surface area contributed by atoms with E-state index in [1.54, 1.807) is 0 Å². The normalized spacial score (nSPS) is 51.8. The highest BCUT2D eigenvalue weighted by molar-refractivity contribution is 5.11. The molecule has 86 valence electrons. The van der Waals surface area contributed by atoms with Crippen LogP contribution in [0.4, 0.5) is 0 Å². The number of hydrogen-bond donors (Lipinski definition) is 1. The number of rotatable bonds is 2. The van der Waals surface area contributed by atoms with Gasteiger partial charge in [-0.15, -0.1) is 0 Å². The number of hydrogen-bond acceptors (Lipinski definition) is 1. The first kappa shape index (κ1) is 10.1. The van der Waals surface area contributed by atoms with Crippen LogP contribution in [0.2, 0.25) is 0 Å². The second kappa shape index (κ2) is 3.23. The molecule has 0 aromatic carbocycles. The maximum atomic E-state index is 3.93. The molecule has 0 radical (unpaired) electrons. The zero-order valence-electron chi connectivity index (χ0n) is 10.4. The van der Waals surface area contributed by atoms with Crippen molar-refractivity contribution in [3.63, 3.8) is 0 Å². The molecule has 15 heavy (non-hydrogen) atoms. The lowest BCUT2D eigenvalue weighted by atomic mass is 9.47. The number of fused-ring (bicyclic) bond motifs is 1. The quantitative estimate of drug-likeness (QED) is 0.733. The molecule has 1 N–H and O–H groups in total. The minimum atomic E-state index is 0.577. The Kier molecular flexibility index (Phi) is 2.18. The van der Waals surface area contributed by atoms with Gasteiger partial charge in [-0.3, -0.25) is 0 Å². The lowest BCUT2D eigenvalue weighted by Gasteiger charge is -2.61. The van der Waals surface area contributed by atoms with E-state index in [0.717, 1.165) is 29.8 Å². The molecule has 3 aliphatic rings. The fourth-order valence-electron chi connectivity index (χ4n) is 4.27. The Balaban J connectivity index is 1.66. The molecule has 0 aliphatic heterocycles. The minimum Gasteiger partial charge on any atom is -0.310 e. The van der Waals surface area contributed by atoms with E-state index >= 15 is 0 Å². The predicted octanol–water partition coefficient (Wildman–Crippen LogP) is 3.20. The van der Waals surface area contributed by atoms with Gasteiger partial charge in [0, 0.05) is 12.1 Å². The lowest BCUT2D eigenvalue weighted by Crippen LogP contribution is -2.65. The molecule has 0 spiro atoms. The molecule has 0 aromatic rings. The van der Waals surface area contributed by atoms with Crippen molar-refractivity contribution in [2.24, 2.45) is 23.2 Å². The highest BCUT2D eigenvalue weighted by Gasteiger charge is 2.57. The van der Waals surface area contributed by atoms with Crippen molar-refractivity contribution in [2.45, 2.75) is 65.0 Å². The van der Waals surface area contributed by atoms with Gasteiger partial charge in [0.25, 0.3) is 0 Å². The van der Waals surface area contributed by atoms with Crippen LogP contribution in [-0.4, -0.2) is 12.1 Å². The predicted molar refractivity (Wildman–Crippen MR) is 63.7 cm³/mol. The molecular weight excluding hydrogens is 182 g/mol. The summed E-state index contributed by atoms with van der Waals surface area (Å²) in [4.78, 5) is 0. The highest BCUT2D eigenvalue weighted by atomic mass is 15.1. The second-order valence-corrected chi connectivity index (χ2v) is 6.84. The van der Waals surface area contributed by atoms with Crippen LogP contribution >= 0.6 is 0 Å². The Bertz CT molecular complexity index is 258. The third kappa shape index (κ3) is 1.46. The topological polar surface area (TPSA) is 12.0 Å². The Morgan fingerprint density at radius 2 is 1.80 bits per heavy atom. The van der Waals surface area contributed by atoms with Gasteiger partial charge in [0.2, 0.25) is 0 Å². The third-order valence-corrected chi connectivity index (χ3v) is 5.51. The van der Waals surface area contributed by atoms with E-state index in [-0.39, 0.29) is 0 Å². The summed E-state index contributed by atoms with van der Waals surface area (Å²) in [7, 11) is 0. The summed E-state index contributed by atoms with van der Waals surface area (Å²) in [5.74, 6) is 2.99. The fourth-order valence-corrected chi connectivity index (χ4v) is 4.27. The standard InChI is InChI=1S/C14H25N/c1-9-8-12(9)15-13-10-6-4-5-7-11(10)14(13,2)3/h9-13,15H,4-8H2,1-3H3/t9?,10-,11+,12?,13?/m1/s1. The van der Waals surface area contributed by atoms with E-state index < -0.39 is 0 Å². The van der Waals surface area contributed by atoms with Crippen molar-refractivity contribution in [1.82, 2.24) is 5.32 Å². The zero-order chi connectivity index (χ0) is 10.6. The van der Waals surface area contributed by atoms with Gasteiger partial charge in [-0.25, -0.2) is 0 Å². The summed E-state index contributed by atoms with van der Waals surface area (Å²) in [6.45, 7) is 7.36. The first-order chi connectivity index (χ1) is 7.10. The lowest BCUT2D eigenvalue weighted by molar-refractivity contribution is -0.0886. The van der Waals surface area contributed by atoms with Crippen LogP contribution in [0.15, 0.2) is 0 Å². The van der Waals surface area contributed by atoms with E-state index in [1.807, 2.05) is 0 Å². The Morgan fingerprint density at radius 1 is 1.13 bits per heavy atom. The molecule has 1 nitrogen and oxygen atoms in total. The first-order valence-corrected chi connectivity index (χ1v) is 6.87. The van der Waals surface area contributed by atoms with Crippen molar-refractivity contribution in [3.8, 4) is 0 Å². The average molecular weight is 207 g/mol. The molecule has 3 unspecified atom stereocenters. The summed E-state index contributed by atoms with van der Waals surface area (Å²) in [6, 6.07) is 1.69. The van der Waals surface area contributed by atoms with Crippen LogP contribution in [0.3, 0.4) is 0 Å². The van der Waals surface area contributed by atoms with Gasteiger partial charge in [-0.2, -0.15) is 0 Å². The summed E-state index contributed by atoms with van der Waals surface area (Å²) < 4.78 is 0.